The molecule has 4 rings (SSSR count). The number of thiazole rings is 1. The number of ether oxygens (including phenoxy) is 1. The molecule has 7 heteroatoms. The number of sulfonamides is 1. The Balaban J connectivity index is 1.59. The molecule has 0 unspecified atom stereocenters. The van der Waals surface area contributed by atoms with E-state index in [0.29, 0.717) is 30.3 Å². The highest BCUT2D eigenvalue weighted by atomic mass is 32.2. The highest BCUT2D eigenvalue weighted by Crippen LogP contribution is 2.34. The molecule has 0 amide bonds. The first kappa shape index (κ1) is 20.1. The van der Waals surface area contributed by atoms with Crippen molar-refractivity contribution in [3.8, 4) is 16.3 Å². The van der Waals surface area contributed by atoms with Crippen molar-refractivity contribution in [3.05, 3.63) is 64.7 Å². The minimum Gasteiger partial charge on any atom is -0.497 e. The van der Waals surface area contributed by atoms with Crippen molar-refractivity contribution < 1.29 is 13.2 Å². The Bertz CT molecular complexity index is 1120. The minimum atomic E-state index is -3.52. The van der Waals surface area contributed by atoms with Gasteiger partial charge in [-0.15, -0.1) is 11.3 Å². The van der Waals surface area contributed by atoms with Gasteiger partial charge in [-0.2, -0.15) is 4.31 Å². The predicted molar refractivity (Wildman–Crippen MR) is 116 cm³/mol. The number of fused-ring (bicyclic) bond motifs is 1. The van der Waals surface area contributed by atoms with Crippen LogP contribution in [0.15, 0.2) is 53.4 Å². The summed E-state index contributed by atoms with van der Waals surface area (Å²) in [6.07, 6.45) is 0.624. The fourth-order valence-corrected chi connectivity index (χ4v) is 6.04. The maximum atomic E-state index is 13.1. The highest BCUT2D eigenvalue weighted by Gasteiger charge is 2.30. The first-order chi connectivity index (χ1) is 13.9. The Kier molecular flexibility index (Phi) is 5.46. The maximum Gasteiger partial charge on any atom is 0.243 e. The summed E-state index contributed by atoms with van der Waals surface area (Å²) >= 11 is 1.56. The maximum absolute atomic E-state index is 13.1. The van der Waals surface area contributed by atoms with E-state index in [1.54, 1.807) is 34.9 Å². The molecule has 1 aromatic heterocycles. The molecule has 0 bridgehead atoms. The van der Waals surface area contributed by atoms with Crippen molar-refractivity contribution in [1.29, 1.82) is 0 Å². The van der Waals surface area contributed by atoms with Gasteiger partial charge in [-0.05, 0) is 35.7 Å². The third kappa shape index (κ3) is 3.95. The van der Waals surface area contributed by atoms with Crippen LogP contribution in [0.4, 0.5) is 0 Å². The van der Waals surface area contributed by atoms with Crippen LogP contribution < -0.4 is 4.74 Å². The van der Waals surface area contributed by atoms with E-state index >= 15 is 0 Å². The molecule has 2 aromatic carbocycles. The number of rotatable bonds is 5. The minimum absolute atomic E-state index is 0.350. The average Bonchev–Trinajstić information content (AvgIpc) is 3.17. The van der Waals surface area contributed by atoms with Gasteiger partial charge >= 0.3 is 0 Å². The van der Waals surface area contributed by atoms with E-state index in [2.05, 4.69) is 13.8 Å². The second-order valence-corrected chi connectivity index (χ2v) is 10.5. The Labute approximate surface area is 176 Å². The lowest BCUT2D eigenvalue weighted by Gasteiger charge is -2.25. The van der Waals surface area contributed by atoms with E-state index in [0.717, 1.165) is 32.5 Å². The van der Waals surface area contributed by atoms with Crippen molar-refractivity contribution in [2.75, 3.05) is 13.7 Å². The second-order valence-electron chi connectivity index (χ2n) is 7.43. The Morgan fingerprint density at radius 3 is 2.59 bits per heavy atom. The summed E-state index contributed by atoms with van der Waals surface area (Å²) in [6.45, 7) is 5.01. The molecule has 0 saturated heterocycles. The zero-order chi connectivity index (χ0) is 20.6. The van der Waals surface area contributed by atoms with Crippen LogP contribution in [0.1, 0.15) is 35.9 Å². The van der Waals surface area contributed by atoms with Crippen LogP contribution in [0.25, 0.3) is 10.6 Å². The number of methoxy groups -OCH3 is 1. The molecule has 1 aliphatic rings. The lowest BCUT2D eigenvalue weighted by atomic mass is 10.0. The Morgan fingerprint density at radius 2 is 1.90 bits per heavy atom. The molecule has 0 atom stereocenters. The molecule has 0 fully saturated rings. The van der Waals surface area contributed by atoms with Gasteiger partial charge in [0.1, 0.15) is 10.8 Å². The van der Waals surface area contributed by atoms with Crippen molar-refractivity contribution in [1.82, 2.24) is 9.29 Å². The van der Waals surface area contributed by atoms with Crippen LogP contribution in [-0.2, 0) is 23.0 Å². The first-order valence-corrected chi connectivity index (χ1v) is 11.9. The molecular weight excluding hydrogens is 404 g/mol. The zero-order valence-electron chi connectivity index (χ0n) is 16.8. The fourth-order valence-electron chi connectivity index (χ4n) is 3.43. The smallest absolute Gasteiger partial charge is 0.243 e. The van der Waals surface area contributed by atoms with Gasteiger partial charge in [-0.25, -0.2) is 13.4 Å². The molecule has 5 nitrogen and oxygen atoms in total. The summed E-state index contributed by atoms with van der Waals surface area (Å²) in [6, 6.07) is 15.0. The average molecular weight is 429 g/mol. The monoisotopic (exact) mass is 428 g/mol. The number of hydrogen-bond donors (Lipinski definition) is 0. The summed E-state index contributed by atoms with van der Waals surface area (Å²) in [5.74, 6) is 1.15. The van der Waals surface area contributed by atoms with Crippen LogP contribution >= 0.6 is 11.3 Å². The summed E-state index contributed by atoms with van der Waals surface area (Å²) < 4.78 is 33.1. The third-order valence-electron chi connectivity index (χ3n) is 5.20. The molecule has 3 aromatic rings. The van der Waals surface area contributed by atoms with Crippen LogP contribution in [0.5, 0.6) is 5.75 Å². The number of hydrogen-bond acceptors (Lipinski definition) is 5. The topological polar surface area (TPSA) is 59.5 Å². The molecule has 0 spiro atoms. The van der Waals surface area contributed by atoms with Gasteiger partial charge < -0.3 is 4.74 Å². The van der Waals surface area contributed by atoms with E-state index in [-0.39, 0.29) is 0 Å². The predicted octanol–water partition coefficient (Wildman–Crippen LogP) is 4.69. The lowest BCUT2D eigenvalue weighted by molar-refractivity contribution is 0.393. The van der Waals surface area contributed by atoms with Crippen LogP contribution in [0.3, 0.4) is 0 Å². The summed E-state index contributed by atoms with van der Waals surface area (Å²) in [5.41, 5.74) is 3.12. The largest absolute Gasteiger partial charge is 0.497 e. The van der Waals surface area contributed by atoms with Crippen LogP contribution in [0, 0.1) is 0 Å². The van der Waals surface area contributed by atoms with Crippen molar-refractivity contribution >= 4 is 21.4 Å². The summed E-state index contributed by atoms with van der Waals surface area (Å²) in [5, 5.41) is 0.898. The van der Waals surface area contributed by atoms with Crippen molar-refractivity contribution in [2.24, 2.45) is 0 Å². The molecule has 152 valence electrons. The quantitative estimate of drug-likeness (QED) is 0.592. The summed E-state index contributed by atoms with van der Waals surface area (Å²) in [4.78, 5) is 6.12. The van der Waals surface area contributed by atoms with Gasteiger partial charge in [0.05, 0.1) is 24.2 Å². The van der Waals surface area contributed by atoms with E-state index in [9.17, 15) is 8.42 Å². The Morgan fingerprint density at radius 1 is 1.14 bits per heavy atom. The van der Waals surface area contributed by atoms with Crippen molar-refractivity contribution in [3.63, 3.8) is 0 Å². The van der Waals surface area contributed by atoms with Gasteiger partial charge in [-0.3, -0.25) is 0 Å². The van der Waals surface area contributed by atoms with Gasteiger partial charge in [0.25, 0.3) is 0 Å². The van der Waals surface area contributed by atoms with Gasteiger partial charge in [0.2, 0.25) is 10.0 Å². The molecule has 29 heavy (non-hydrogen) atoms. The number of aromatic nitrogens is 1. The van der Waals surface area contributed by atoms with Crippen LogP contribution in [0.2, 0.25) is 0 Å². The molecule has 0 saturated carbocycles. The first-order valence-electron chi connectivity index (χ1n) is 9.61. The zero-order valence-corrected chi connectivity index (χ0v) is 18.4. The fraction of sp³-hybridized carbons (Fsp3) is 0.318. The van der Waals surface area contributed by atoms with Crippen molar-refractivity contribution in [2.45, 2.75) is 37.6 Å². The second kappa shape index (κ2) is 7.89. The standard InChI is InChI=1S/C22H24N2O3S2/c1-15(2)16-7-9-19(10-8-16)29(25,26)24-12-11-20-21(14-24)28-22(23-20)17-5-4-6-18(13-17)27-3/h4-10,13,15H,11-12,14H2,1-3H3. The van der Waals surface area contributed by atoms with Gasteiger partial charge in [0, 0.05) is 23.4 Å². The molecular formula is C22H24N2O3S2. The molecule has 0 radical (unpaired) electrons. The highest BCUT2D eigenvalue weighted by molar-refractivity contribution is 7.89. The lowest BCUT2D eigenvalue weighted by Crippen LogP contribution is -2.35. The van der Waals surface area contributed by atoms with Gasteiger partial charge in [-0.1, -0.05) is 38.1 Å². The van der Waals surface area contributed by atoms with E-state index in [1.807, 2.05) is 36.4 Å². The number of nitrogens with zero attached hydrogens (tertiary/aromatic N) is 2. The van der Waals surface area contributed by atoms with Gasteiger partial charge in [0.15, 0.2) is 0 Å². The molecule has 0 N–H and O–H groups in total. The van der Waals surface area contributed by atoms with E-state index < -0.39 is 10.0 Å². The van der Waals surface area contributed by atoms with Crippen LogP contribution in [-0.4, -0.2) is 31.4 Å². The summed E-state index contributed by atoms with van der Waals surface area (Å²) in [7, 11) is -1.88. The normalized spacial score (nSPS) is 14.8. The Hall–Kier alpha value is -2.22. The third-order valence-corrected chi connectivity index (χ3v) is 8.19. The number of benzene rings is 2. The van der Waals surface area contributed by atoms with E-state index in [4.69, 9.17) is 9.72 Å². The molecule has 2 heterocycles. The molecule has 0 aliphatic carbocycles. The SMILES string of the molecule is COc1cccc(-c2nc3c(s2)CN(S(=O)(=O)c2ccc(C(C)C)cc2)CC3)c1. The van der Waals surface area contributed by atoms with E-state index in [1.165, 1.54) is 0 Å². The molecule has 1 aliphatic heterocycles.